The number of benzene rings is 2. The molecule has 2 aromatic carbocycles. The summed E-state index contributed by atoms with van der Waals surface area (Å²) in [6.07, 6.45) is 3.41. The number of halogens is 2. The minimum absolute atomic E-state index is 0.0358. The van der Waals surface area contributed by atoms with E-state index in [1.807, 2.05) is 30.3 Å². The van der Waals surface area contributed by atoms with Gasteiger partial charge in [0.15, 0.2) is 5.82 Å². The summed E-state index contributed by atoms with van der Waals surface area (Å²) in [4.78, 5) is 15.9. The Morgan fingerprint density at radius 1 is 1.09 bits per heavy atom. The fraction of sp³-hybridized carbons (Fsp3) is 0.192. The van der Waals surface area contributed by atoms with Crippen molar-refractivity contribution in [1.82, 2.24) is 19.9 Å². The number of fused-ring (bicyclic) bond motifs is 1. The highest BCUT2D eigenvalue weighted by Gasteiger charge is 2.12. The normalized spacial score (nSPS) is 13.9. The maximum atomic E-state index is 13.6. The molecule has 6 nitrogen and oxygen atoms in total. The van der Waals surface area contributed by atoms with Gasteiger partial charge in [0.2, 0.25) is 0 Å². The second kappa shape index (κ2) is 10.1. The van der Waals surface area contributed by atoms with Gasteiger partial charge in [0.05, 0.1) is 30.3 Å². The summed E-state index contributed by atoms with van der Waals surface area (Å²) in [5, 5.41) is 4.10. The summed E-state index contributed by atoms with van der Waals surface area (Å²) in [5.74, 6) is 7.12. The van der Waals surface area contributed by atoms with Crippen molar-refractivity contribution in [2.24, 2.45) is 0 Å². The maximum Gasteiger partial charge on any atom is 0.163 e. The zero-order valence-electron chi connectivity index (χ0n) is 18.3. The molecule has 1 saturated heterocycles. The molecule has 5 rings (SSSR count). The number of rotatable bonds is 4. The Morgan fingerprint density at radius 3 is 2.76 bits per heavy atom. The number of pyridine rings is 1. The molecule has 0 spiro atoms. The summed E-state index contributed by atoms with van der Waals surface area (Å²) in [5.41, 5.74) is 3.02. The molecule has 3 heterocycles. The first-order valence-corrected chi connectivity index (χ1v) is 11.3. The molecule has 0 saturated carbocycles. The summed E-state index contributed by atoms with van der Waals surface area (Å²) in [6.45, 7) is 4.00. The van der Waals surface area contributed by atoms with Gasteiger partial charge in [-0.25, -0.2) is 14.4 Å². The Kier molecular flexibility index (Phi) is 6.63. The molecule has 0 aliphatic carbocycles. The lowest BCUT2D eigenvalue weighted by Crippen LogP contribution is -2.36. The Labute approximate surface area is 201 Å². The molecular formula is C26H21ClFN5O. The minimum Gasteiger partial charge on any atom is -0.379 e. The number of morpholine rings is 1. The SMILES string of the molecule is Fc1ccc(Nc2nc(-c3cccnc3)nc3cc(C#CCN4CCOCC4)ccc23)cc1Cl. The third kappa shape index (κ3) is 5.15. The van der Waals surface area contributed by atoms with E-state index >= 15 is 0 Å². The summed E-state index contributed by atoms with van der Waals surface area (Å²) >= 11 is 5.97. The second-order valence-electron chi connectivity index (χ2n) is 7.81. The summed E-state index contributed by atoms with van der Waals surface area (Å²) in [7, 11) is 0. The van der Waals surface area contributed by atoms with Crippen LogP contribution in [0.5, 0.6) is 0 Å². The third-order valence-corrected chi connectivity index (χ3v) is 5.73. The van der Waals surface area contributed by atoms with Gasteiger partial charge in [-0.3, -0.25) is 9.88 Å². The molecular weight excluding hydrogens is 453 g/mol. The smallest absolute Gasteiger partial charge is 0.163 e. The van der Waals surface area contributed by atoms with Gasteiger partial charge in [0.1, 0.15) is 11.6 Å². The molecule has 0 bridgehead atoms. The van der Waals surface area contributed by atoms with E-state index < -0.39 is 5.82 Å². The van der Waals surface area contributed by atoms with Crippen molar-refractivity contribution < 1.29 is 9.13 Å². The van der Waals surface area contributed by atoms with Gasteiger partial charge < -0.3 is 10.1 Å². The van der Waals surface area contributed by atoms with Gasteiger partial charge in [0, 0.05) is 47.7 Å². The first kappa shape index (κ1) is 22.2. The topological polar surface area (TPSA) is 63.2 Å². The number of hydrogen-bond acceptors (Lipinski definition) is 6. The molecule has 1 aliphatic rings. The van der Waals surface area contributed by atoms with Crippen LogP contribution in [-0.2, 0) is 4.74 Å². The lowest BCUT2D eigenvalue weighted by molar-refractivity contribution is 0.0443. The number of aromatic nitrogens is 3. The highest BCUT2D eigenvalue weighted by Crippen LogP contribution is 2.29. The number of ether oxygens (including phenoxy) is 1. The number of nitrogens with zero attached hydrogens (tertiary/aromatic N) is 4. The Balaban J connectivity index is 1.51. The molecule has 0 amide bonds. The van der Waals surface area contributed by atoms with E-state index in [-0.39, 0.29) is 5.02 Å². The van der Waals surface area contributed by atoms with E-state index in [2.05, 4.69) is 27.0 Å². The molecule has 0 radical (unpaired) electrons. The number of hydrogen-bond donors (Lipinski definition) is 1. The zero-order chi connectivity index (χ0) is 23.3. The van der Waals surface area contributed by atoms with Crippen LogP contribution in [0, 0.1) is 17.7 Å². The van der Waals surface area contributed by atoms with E-state index in [0.29, 0.717) is 23.9 Å². The Hall–Kier alpha value is -3.57. The molecule has 1 N–H and O–H groups in total. The summed E-state index contributed by atoms with van der Waals surface area (Å²) in [6, 6.07) is 14.0. The highest BCUT2D eigenvalue weighted by molar-refractivity contribution is 6.31. The molecule has 0 atom stereocenters. The number of anilines is 2. The standard InChI is InChI=1S/C26H21ClFN5O/c27-22-16-20(6-8-23(22)28)30-26-21-7-5-18(3-2-10-33-11-13-34-14-12-33)15-24(21)31-25(32-26)19-4-1-9-29-17-19/h1,4-9,15-17H,10-14H2,(H,30,31,32). The Bertz CT molecular complexity index is 1380. The van der Waals surface area contributed by atoms with Gasteiger partial charge in [-0.15, -0.1) is 0 Å². The quantitative estimate of drug-likeness (QED) is 0.425. The van der Waals surface area contributed by atoms with Crippen molar-refractivity contribution in [3.05, 3.63) is 77.3 Å². The zero-order valence-corrected chi connectivity index (χ0v) is 19.0. The van der Waals surface area contributed by atoms with Crippen LogP contribution in [0.3, 0.4) is 0 Å². The number of nitrogens with one attached hydrogen (secondary N) is 1. The molecule has 34 heavy (non-hydrogen) atoms. The molecule has 8 heteroatoms. The van der Waals surface area contributed by atoms with E-state index in [9.17, 15) is 4.39 Å². The Morgan fingerprint density at radius 2 is 1.97 bits per heavy atom. The van der Waals surface area contributed by atoms with Gasteiger partial charge in [0.25, 0.3) is 0 Å². The van der Waals surface area contributed by atoms with Crippen molar-refractivity contribution in [1.29, 1.82) is 0 Å². The molecule has 1 fully saturated rings. The summed E-state index contributed by atoms with van der Waals surface area (Å²) < 4.78 is 19.0. The van der Waals surface area contributed by atoms with Crippen LogP contribution in [0.2, 0.25) is 5.02 Å². The minimum atomic E-state index is -0.476. The van der Waals surface area contributed by atoms with Gasteiger partial charge >= 0.3 is 0 Å². The van der Waals surface area contributed by atoms with Crippen LogP contribution in [0.15, 0.2) is 60.9 Å². The molecule has 4 aromatic rings. The van der Waals surface area contributed by atoms with Crippen molar-refractivity contribution in [3.63, 3.8) is 0 Å². The second-order valence-corrected chi connectivity index (χ2v) is 8.22. The molecule has 1 aliphatic heterocycles. The first-order valence-electron chi connectivity index (χ1n) is 10.9. The van der Waals surface area contributed by atoms with Gasteiger partial charge in [-0.05, 0) is 48.5 Å². The van der Waals surface area contributed by atoms with Crippen LogP contribution in [0.4, 0.5) is 15.9 Å². The van der Waals surface area contributed by atoms with Crippen molar-refractivity contribution >= 4 is 34.0 Å². The largest absolute Gasteiger partial charge is 0.379 e. The van der Waals surface area contributed by atoms with E-state index in [0.717, 1.165) is 48.3 Å². The fourth-order valence-electron chi connectivity index (χ4n) is 3.65. The van der Waals surface area contributed by atoms with Crippen LogP contribution < -0.4 is 5.32 Å². The average Bonchev–Trinajstić information content (AvgIpc) is 2.87. The van der Waals surface area contributed by atoms with Gasteiger partial charge in [-0.1, -0.05) is 23.4 Å². The van der Waals surface area contributed by atoms with Gasteiger partial charge in [-0.2, -0.15) is 0 Å². The van der Waals surface area contributed by atoms with Crippen molar-refractivity contribution in [2.75, 3.05) is 38.2 Å². The first-order chi connectivity index (χ1) is 16.7. The van der Waals surface area contributed by atoms with Crippen LogP contribution in [0.1, 0.15) is 5.56 Å². The van der Waals surface area contributed by atoms with Crippen molar-refractivity contribution in [2.45, 2.75) is 0 Å². The molecule has 0 unspecified atom stereocenters. The average molecular weight is 474 g/mol. The van der Waals surface area contributed by atoms with Crippen LogP contribution in [-0.4, -0.2) is 52.7 Å². The lowest BCUT2D eigenvalue weighted by atomic mass is 10.1. The van der Waals surface area contributed by atoms with Crippen LogP contribution >= 0.6 is 11.6 Å². The lowest BCUT2D eigenvalue weighted by Gasteiger charge is -2.24. The monoisotopic (exact) mass is 473 g/mol. The molecule has 170 valence electrons. The van der Waals surface area contributed by atoms with Crippen LogP contribution in [0.25, 0.3) is 22.3 Å². The third-order valence-electron chi connectivity index (χ3n) is 5.44. The van der Waals surface area contributed by atoms with E-state index in [4.69, 9.17) is 26.3 Å². The van der Waals surface area contributed by atoms with Crippen molar-refractivity contribution in [3.8, 4) is 23.2 Å². The fourth-order valence-corrected chi connectivity index (χ4v) is 3.83. The maximum absolute atomic E-state index is 13.6. The highest BCUT2D eigenvalue weighted by atomic mass is 35.5. The van der Waals surface area contributed by atoms with E-state index in [1.165, 1.54) is 12.1 Å². The predicted octanol–water partition coefficient (Wildman–Crippen LogP) is 4.91. The predicted molar refractivity (Wildman–Crippen MR) is 132 cm³/mol. The van der Waals surface area contributed by atoms with E-state index in [1.54, 1.807) is 18.5 Å². The molecule has 2 aromatic heterocycles.